The molecule has 3 aromatic rings. The van der Waals surface area contributed by atoms with Crippen LogP contribution in [0, 0.1) is 13.8 Å². The molecule has 0 aliphatic carbocycles. The van der Waals surface area contributed by atoms with Gasteiger partial charge < -0.3 is 19.7 Å². The highest BCUT2D eigenvalue weighted by Crippen LogP contribution is 2.33. The lowest BCUT2D eigenvalue weighted by molar-refractivity contribution is 0.122. The summed E-state index contributed by atoms with van der Waals surface area (Å²) in [5.74, 6) is -0.961. The zero-order chi connectivity index (χ0) is 16.7. The highest BCUT2D eigenvalue weighted by molar-refractivity contribution is 5.69. The van der Waals surface area contributed by atoms with E-state index in [4.69, 9.17) is 4.74 Å². The van der Waals surface area contributed by atoms with E-state index < -0.39 is 17.9 Å². The first-order valence-corrected chi connectivity index (χ1v) is 6.51. The average Bonchev–Trinajstić information content (AvgIpc) is 3.03. The molecule has 0 saturated heterocycles. The summed E-state index contributed by atoms with van der Waals surface area (Å²) in [6.07, 6.45) is 0.201. The van der Waals surface area contributed by atoms with E-state index in [-0.39, 0.29) is 17.1 Å². The Morgan fingerprint density at radius 3 is 2.65 bits per heavy atom. The van der Waals surface area contributed by atoms with Crippen molar-refractivity contribution in [2.24, 2.45) is 0 Å². The van der Waals surface area contributed by atoms with E-state index >= 15 is 0 Å². The fourth-order valence-electron chi connectivity index (χ4n) is 2.19. The Kier molecular flexibility index (Phi) is 3.28. The third kappa shape index (κ3) is 2.29. The molecule has 0 fully saturated rings. The van der Waals surface area contributed by atoms with Gasteiger partial charge in [-0.25, -0.2) is 9.48 Å². The highest BCUT2D eigenvalue weighted by atomic mass is 16.7. The predicted molar refractivity (Wildman–Crippen MR) is 75.9 cm³/mol. The molecule has 0 unspecified atom stereocenters. The lowest BCUT2D eigenvalue weighted by atomic mass is 10.4. The number of rotatable bonds is 2. The number of aromatic nitrogens is 5. The molecule has 0 aliphatic heterocycles. The molecule has 120 valence electrons. The lowest BCUT2D eigenvalue weighted by Gasteiger charge is -2.09. The van der Waals surface area contributed by atoms with Crippen molar-refractivity contribution in [1.82, 2.24) is 24.4 Å². The molecule has 0 bridgehead atoms. The van der Waals surface area contributed by atoms with Crippen molar-refractivity contribution in [3.63, 3.8) is 0 Å². The van der Waals surface area contributed by atoms with Crippen molar-refractivity contribution in [3.8, 4) is 23.2 Å². The summed E-state index contributed by atoms with van der Waals surface area (Å²) in [6.45, 7) is 3.54. The summed E-state index contributed by atoms with van der Waals surface area (Å²) in [7, 11) is 1.15. The van der Waals surface area contributed by atoms with Gasteiger partial charge in [-0.15, -0.1) is 0 Å². The molecule has 0 aromatic carbocycles. The summed E-state index contributed by atoms with van der Waals surface area (Å²) in [5.41, 5.74) is 1.32. The van der Waals surface area contributed by atoms with Crippen molar-refractivity contribution in [2.45, 2.75) is 13.8 Å². The van der Waals surface area contributed by atoms with Crippen LogP contribution in [0.4, 0.5) is 4.79 Å². The van der Waals surface area contributed by atoms with Gasteiger partial charge in [0.15, 0.2) is 11.4 Å². The number of carbonyl (C=O) groups excluding carboxylic acids is 1. The van der Waals surface area contributed by atoms with Crippen LogP contribution in [0.2, 0.25) is 0 Å². The Bertz CT molecular complexity index is 913. The zero-order valence-corrected chi connectivity index (χ0v) is 12.5. The van der Waals surface area contributed by atoms with Gasteiger partial charge in [0.2, 0.25) is 17.4 Å². The standard InChI is InChI=1S/C13H13N5O5/c1-6-4-7(2)17(16-6)9-11(19)15-10-8(23-13(21)22-3)5-14-18(10)12(9)20/h4-5,20H,1-3H3,(H,15,19). The number of ether oxygens (including phenoxy) is 2. The minimum Gasteiger partial charge on any atom is -0.492 e. The molecule has 10 heteroatoms. The van der Waals surface area contributed by atoms with Crippen LogP contribution in [0.25, 0.3) is 11.3 Å². The molecular weight excluding hydrogens is 306 g/mol. The van der Waals surface area contributed by atoms with Gasteiger partial charge >= 0.3 is 6.16 Å². The molecule has 0 atom stereocenters. The average molecular weight is 319 g/mol. The van der Waals surface area contributed by atoms with Crippen LogP contribution in [0.5, 0.6) is 17.5 Å². The summed E-state index contributed by atoms with van der Waals surface area (Å²) < 4.78 is 11.6. The monoisotopic (exact) mass is 319 g/mol. The van der Waals surface area contributed by atoms with Crippen LogP contribution in [0.1, 0.15) is 11.4 Å². The lowest BCUT2D eigenvalue weighted by Crippen LogP contribution is -2.08. The molecule has 3 aromatic heterocycles. The number of fused-ring (bicyclic) bond motifs is 1. The number of aryl methyl sites for hydroxylation is 2. The summed E-state index contributed by atoms with van der Waals surface area (Å²) in [4.78, 5) is 15.1. The molecule has 0 radical (unpaired) electrons. The van der Waals surface area contributed by atoms with Gasteiger partial charge in [0.05, 0.1) is 19.0 Å². The minimum atomic E-state index is -0.969. The number of hydrogen-bond acceptors (Lipinski definition) is 8. The Balaban J connectivity index is 2.20. The summed E-state index contributed by atoms with van der Waals surface area (Å²) in [6, 6.07) is 1.78. The molecule has 0 saturated carbocycles. The van der Waals surface area contributed by atoms with Crippen LogP contribution in [0.15, 0.2) is 12.3 Å². The summed E-state index contributed by atoms with van der Waals surface area (Å²) >= 11 is 0. The first-order valence-electron chi connectivity index (χ1n) is 6.51. The maximum absolute atomic E-state index is 11.2. The van der Waals surface area contributed by atoms with Gasteiger partial charge in [-0.05, 0) is 19.9 Å². The number of nitrogens with zero attached hydrogens (tertiary/aromatic N) is 5. The molecule has 10 nitrogen and oxygen atoms in total. The first kappa shape index (κ1) is 14.6. The van der Waals surface area contributed by atoms with Gasteiger partial charge in [-0.2, -0.15) is 19.7 Å². The van der Waals surface area contributed by atoms with Gasteiger partial charge in [-0.3, -0.25) is 0 Å². The molecule has 0 spiro atoms. The first-order chi connectivity index (χ1) is 10.9. The predicted octanol–water partition coefficient (Wildman–Crippen LogP) is 1.09. The van der Waals surface area contributed by atoms with Crippen LogP contribution in [-0.2, 0) is 4.74 Å². The molecule has 0 amide bonds. The fourth-order valence-corrected chi connectivity index (χ4v) is 2.19. The molecule has 0 aliphatic rings. The quantitative estimate of drug-likeness (QED) is 0.673. The molecule has 23 heavy (non-hydrogen) atoms. The van der Waals surface area contributed by atoms with E-state index in [0.29, 0.717) is 11.4 Å². The van der Waals surface area contributed by atoms with Crippen LogP contribution >= 0.6 is 0 Å². The molecule has 3 rings (SSSR count). The number of aromatic hydroxyl groups is 2. The Morgan fingerprint density at radius 2 is 2.04 bits per heavy atom. The third-order valence-corrected chi connectivity index (χ3v) is 3.13. The third-order valence-electron chi connectivity index (χ3n) is 3.13. The molecular formula is C13H13N5O5. The van der Waals surface area contributed by atoms with Crippen LogP contribution in [0.3, 0.4) is 0 Å². The van der Waals surface area contributed by atoms with Gasteiger partial charge in [0.25, 0.3) is 0 Å². The second-order valence-corrected chi connectivity index (χ2v) is 4.75. The van der Waals surface area contributed by atoms with Crippen molar-refractivity contribution < 1.29 is 24.5 Å². The van der Waals surface area contributed by atoms with Gasteiger partial charge in [-0.1, -0.05) is 0 Å². The van der Waals surface area contributed by atoms with Crippen molar-refractivity contribution in [2.75, 3.05) is 7.11 Å². The zero-order valence-electron chi connectivity index (χ0n) is 12.5. The number of carbonyl (C=O) groups is 1. The van der Waals surface area contributed by atoms with Crippen LogP contribution < -0.4 is 4.74 Å². The minimum absolute atomic E-state index is 0.0316. The Morgan fingerprint density at radius 1 is 1.30 bits per heavy atom. The summed E-state index contributed by atoms with van der Waals surface area (Å²) in [5, 5.41) is 28.6. The Labute approximate surface area is 129 Å². The van der Waals surface area contributed by atoms with Crippen molar-refractivity contribution in [3.05, 3.63) is 23.7 Å². The number of methoxy groups -OCH3 is 1. The van der Waals surface area contributed by atoms with Crippen molar-refractivity contribution >= 4 is 11.8 Å². The maximum atomic E-state index is 11.2. The van der Waals surface area contributed by atoms with E-state index in [0.717, 1.165) is 11.6 Å². The van der Waals surface area contributed by atoms with E-state index in [9.17, 15) is 15.0 Å². The van der Waals surface area contributed by atoms with Gasteiger partial charge in [0, 0.05) is 5.69 Å². The fraction of sp³-hybridized carbons (Fsp3) is 0.231. The normalized spacial score (nSPS) is 10.9. The molecule has 2 N–H and O–H groups in total. The van der Waals surface area contributed by atoms with E-state index in [2.05, 4.69) is 19.9 Å². The highest BCUT2D eigenvalue weighted by Gasteiger charge is 2.22. The topological polar surface area (TPSA) is 124 Å². The van der Waals surface area contributed by atoms with E-state index in [1.807, 2.05) is 0 Å². The second kappa shape index (κ2) is 5.16. The van der Waals surface area contributed by atoms with E-state index in [1.165, 1.54) is 10.9 Å². The Hall–Kier alpha value is -3.30. The number of hydrogen-bond donors (Lipinski definition) is 2. The second-order valence-electron chi connectivity index (χ2n) is 4.75. The van der Waals surface area contributed by atoms with Gasteiger partial charge in [0.1, 0.15) is 0 Å². The van der Waals surface area contributed by atoms with E-state index in [1.54, 1.807) is 19.9 Å². The van der Waals surface area contributed by atoms with Crippen molar-refractivity contribution in [1.29, 1.82) is 0 Å². The largest absolute Gasteiger partial charge is 0.513 e. The molecule has 3 heterocycles. The maximum Gasteiger partial charge on any atom is 0.513 e. The SMILES string of the molecule is COC(=O)Oc1cnn2c(O)c(-n3nc(C)cc3C)c(O)nc12. The van der Waals surface area contributed by atoms with Crippen LogP contribution in [-0.4, -0.2) is 47.9 Å². The smallest absolute Gasteiger partial charge is 0.492 e.